The Morgan fingerprint density at radius 2 is 2.17 bits per heavy atom. The maximum absolute atomic E-state index is 11.7. The second kappa shape index (κ2) is 5.49. The number of hydrogen-bond acceptors (Lipinski definition) is 3. The van der Waals surface area contributed by atoms with Crippen LogP contribution >= 0.6 is 0 Å². The van der Waals surface area contributed by atoms with Gasteiger partial charge in [-0.05, 0) is 42.5 Å². The third-order valence-electron chi connectivity index (χ3n) is 5.48. The van der Waals surface area contributed by atoms with Crippen molar-refractivity contribution in [2.75, 3.05) is 13.1 Å². The molecule has 0 amide bonds. The minimum atomic E-state index is -0.600. The summed E-state index contributed by atoms with van der Waals surface area (Å²) >= 11 is 0. The number of fused-ring (bicyclic) bond motifs is 1. The largest absolute Gasteiger partial charge is 0.481 e. The number of carboxylic acid groups (broad SMARTS) is 1. The molecule has 1 N–H and O–H groups in total. The van der Waals surface area contributed by atoms with Crippen LogP contribution in [0.4, 0.5) is 0 Å². The van der Waals surface area contributed by atoms with Crippen LogP contribution in [0.5, 0.6) is 0 Å². The van der Waals surface area contributed by atoms with Crippen molar-refractivity contribution >= 4 is 5.97 Å². The zero-order valence-corrected chi connectivity index (χ0v) is 13.1. The van der Waals surface area contributed by atoms with Crippen LogP contribution in [-0.2, 0) is 11.3 Å². The molecule has 0 bridgehead atoms. The van der Waals surface area contributed by atoms with Gasteiger partial charge in [0.15, 0.2) is 0 Å². The van der Waals surface area contributed by atoms with E-state index in [0.29, 0.717) is 12.5 Å². The fourth-order valence-corrected chi connectivity index (χ4v) is 4.30. The number of hydrogen-bond donors (Lipinski definition) is 1. The highest BCUT2D eigenvalue weighted by Crippen LogP contribution is 2.49. The molecule has 2 aromatic rings. The molecule has 1 aliphatic heterocycles. The van der Waals surface area contributed by atoms with Gasteiger partial charge in [-0.15, -0.1) is 0 Å². The van der Waals surface area contributed by atoms with Gasteiger partial charge >= 0.3 is 5.97 Å². The van der Waals surface area contributed by atoms with Crippen molar-refractivity contribution in [2.45, 2.75) is 25.8 Å². The van der Waals surface area contributed by atoms with E-state index >= 15 is 0 Å². The summed E-state index contributed by atoms with van der Waals surface area (Å²) in [7, 11) is 0. The van der Waals surface area contributed by atoms with Gasteiger partial charge in [0.1, 0.15) is 0 Å². The Kier molecular flexibility index (Phi) is 3.45. The fourth-order valence-electron chi connectivity index (χ4n) is 4.30. The predicted molar refractivity (Wildman–Crippen MR) is 86.3 cm³/mol. The van der Waals surface area contributed by atoms with E-state index < -0.39 is 11.4 Å². The monoisotopic (exact) mass is 311 g/mol. The van der Waals surface area contributed by atoms with Crippen molar-refractivity contribution in [1.29, 1.82) is 0 Å². The van der Waals surface area contributed by atoms with Gasteiger partial charge in [-0.25, -0.2) is 4.68 Å². The maximum Gasteiger partial charge on any atom is 0.311 e. The van der Waals surface area contributed by atoms with E-state index in [4.69, 9.17) is 0 Å². The van der Waals surface area contributed by atoms with Crippen LogP contribution in [0.25, 0.3) is 5.69 Å². The molecule has 23 heavy (non-hydrogen) atoms. The number of benzene rings is 1. The molecule has 1 saturated heterocycles. The number of rotatable bonds is 4. The predicted octanol–water partition coefficient (Wildman–Crippen LogP) is 2.56. The summed E-state index contributed by atoms with van der Waals surface area (Å²) in [4.78, 5) is 14.0. The van der Waals surface area contributed by atoms with Crippen LogP contribution < -0.4 is 0 Å². The lowest BCUT2D eigenvalue weighted by Gasteiger charge is -2.23. The average Bonchev–Trinajstić information content (AvgIpc) is 3.23. The number of carboxylic acids is 1. The van der Waals surface area contributed by atoms with Crippen molar-refractivity contribution in [2.24, 2.45) is 11.3 Å². The smallest absolute Gasteiger partial charge is 0.311 e. The molecule has 2 fully saturated rings. The molecule has 0 spiro atoms. The van der Waals surface area contributed by atoms with Crippen LogP contribution in [0, 0.1) is 11.3 Å². The van der Waals surface area contributed by atoms with E-state index in [-0.39, 0.29) is 0 Å². The first-order valence-electron chi connectivity index (χ1n) is 8.22. The lowest BCUT2D eigenvalue weighted by atomic mass is 9.81. The standard InChI is InChI=1S/C18H21N3O2/c22-17(23)18-8-1-3-15(18)12-20(13-18)11-14-4-6-16(7-5-14)21-10-2-9-19-21/h2,4-7,9-10,15H,1,3,8,11-13H2,(H,22,23)/t15-,18+/m0/s1. The summed E-state index contributed by atoms with van der Waals surface area (Å²) in [6.07, 6.45) is 6.64. The Morgan fingerprint density at radius 3 is 2.83 bits per heavy atom. The molecule has 0 unspecified atom stereocenters. The van der Waals surface area contributed by atoms with Gasteiger partial charge in [-0.3, -0.25) is 9.69 Å². The molecule has 5 nitrogen and oxygen atoms in total. The third-order valence-corrected chi connectivity index (χ3v) is 5.48. The minimum absolute atomic E-state index is 0.323. The van der Waals surface area contributed by atoms with Crippen LogP contribution in [0.3, 0.4) is 0 Å². The Balaban J connectivity index is 1.46. The quantitative estimate of drug-likeness (QED) is 0.943. The zero-order valence-electron chi connectivity index (χ0n) is 13.1. The van der Waals surface area contributed by atoms with Crippen molar-refractivity contribution in [1.82, 2.24) is 14.7 Å². The first kappa shape index (κ1) is 14.5. The average molecular weight is 311 g/mol. The number of aromatic nitrogens is 2. The van der Waals surface area contributed by atoms with Gasteiger partial charge in [-0.2, -0.15) is 5.10 Å². The molecule has 1 aromatic heterocycles. The summed E-state index contributed by atoms with van der Waals surface area (Å²) in [5, 5.41) is 13.9. The zero-order chi connectivity index (χ0) is 15.9. The van der Waals surface area contributed by atoms with Crippen LogP contribution in [0.1, 0.15) is 24.8 Å². The minimum Gasteiger partial charge on any atom is -0.481 e. The summed E-state index contributed by atoms with van der Waals surface area (Å²) in [5.41, 5.74) is 1.77. The van der Waals surface area contributed by atoms with Gasteiger partial charge < -0.3 is 5.11 Å². The van der Waals surface area contributed by atoms with Crippen LogP contribution in [0.15, 0.2) is 42.7 Å². The molecule has 120 valence electrons. The molecule has 1 aliphatic carbocycles. The van der Waals surface area contributed by atoms with Crippen molar-refractivity contribution in [3.8, 4) is 5.69 Å². The molecule has 2 heterocycles. The highest BCUT2D eigenvalue weighted by Gasteiger charge is 2.54. The highest BCUT2D eigenvalue weighted by atomic mass is 16.4. The number of aliphatic carboxylic acids is 1. The summed E-state index contributed by atoms with van der Waals surface area (Å²) in [6.45, 7) is 2.42. The van der Waals surface area contributed by atoms with E-state index in [2.05, 4.69) is 34.3 Å². The van der Waals surface area contributed by atoms with E-state index in [9.17, 15) is 9.90 Å². The highest BCUT2D eigenvalue weighted by molar-refractivity contribution is 5.76. The van der Waals surface area contributed by atoms with Gasteiger partial charge in [0.2, 0.25) is 0 Å². The Labute approximate surface area is 135 Å². The normalized spacial score (nSPS) is 27.2. The SMILES string of the molecule is O=C(O)[C@@]12CCC[C@H]1CN(Cc1ccc(-n3cccn3)cc1)C2. The van der Waals surface area contributed by atoms with Gasteiger partial charge in [-0.1, -0.05) is 18.6 Å². The lowest BCUT2D eigenvalue weighted by molar-refractivity contribution is -0.149. The molecule has 2 aliphatic rings. The third kappa shape index (κ3) is 2.45. The Morgan fingerprint density at radius 1 is 1.35 bits per heavy atom. The first-order chi connectivity index (χ1) is 11.2. The second-order valence-electron chi connectivity index (χ2n) is 6.84. The lowest BCUT2D eigenvalue weighted by Crippen LogP contribution is -2.35. The maximum atomic E-state index is 11.7. The number of likely N-dealkylation sites (tertiary alicyclic amines) is 1. The number of carbonyl (C=O) groups is 1. The fraction of sp³-hybridized carbons (Fsp3) is 0.444. The molecule has 4 rings (SSSR count). The van der Waals surface area contributed by atoms with Gasteiger partial charge in [0.25, 0.3) is 0 Å². The van der Waals surface area contributed by atoms with Crippen molar-refractivity contribution in [3.05, 3.63) is 48.3 Å². The molecule has 5 heteroatoms. The number of nitrogens with zero attached hydrogens (tertiary/aromatic N) is 3. The van der Waals surface area contributed by atoms with E-state index in [1.54, 1.807) is 6.20 Å². The van der Waals surface area contributed by atoms with E-state index in [1.165, 1.54) is 5.56 Å². The van der Waals surface area contributed by atoms with Gasteiger partial charge in [0, 0.05) is 32.0 Å². The van der Waals surface area contributed by atoms with Crippen LogP contribution in [-0.4, -0.2) is 38.8 Å². The molecular weight excluding hydrogens is 290 g/mol. The summed E-state index contributed by atoms with van der Waals surface area (Å²) < 4.78 is 1.84. The van der Waals surface area contributed by atoms with Gasteiger partial charge in [0.05, 0.1) is 11.1 Å². The second-order valence-corrected chi connectivity index (χ2v) is 6.84. The molecular formula is C18H21N3O2. The van der Waals surface area contributed by atoms with Crippen LogP contribution in [0.2, 0.25) is 0 Å². The first-order valence-corrected chi connectivity index (χ1v) is 8.22. The molecule has 2 atom stereocenters. The molecule has 1 aromatic carbocycles. The van der Waals surface area contributed by atoms with E-state index in [0.717, 1.165) is 38.0 Å². The topological polar surface area (TPSA) is 58.4 Å². The Hall–Kier alpha value is -2.14. The Bertz CT molecular complexity index is 696. The molecule has 0 radical (unpaired) electrons. The summed E-state index contributed by atoms with van der Waals surface area (Å²) in [5.74, 6) is -0.278. The van der Waals surface area contributed by atoms with E-state index in [1.807, 2.05) is 16.9 Å². The van der Waals surface area contributed by atoms with Crippen molar-refractivity contribution in [3.63, 3.8) is 0 Å². The molecule has 1 saturated carbocycles. The van der Waals surface area contributed by atoms with Crippen molar-refractivity contribution < 1.29 is 9.90 Å². The summed E-state index contributed by atoms with van der Waals surface area (Å²) in [6, 6.07) is 10.2.